The Kier molecular flexibility index (Phi) is 4.12. The number of benzene rings is 1. The lowest BCUT2D eigenvalue weighted by Gasteiger charge is -2.22. The van der Waals surface area contributed by atoms with Crippen molar-refractivity contribution in [2.45, 2.75) is 39.2 Å². The van der Waals surface area contributed by atoms with Gasteiger partial charge in [-0.2, -0.15) is 0 Å². The molecule has 1 heterocycles. The van der Waals surface area contributed by atoms with E-state index in [-0.39, 0.29) is 23.8 Å². The van der Waals surface area contributed by atoms with E-state index in [0.717, 1.165) is 5.56 Å². The van der Waals surface area contributed by atoms with Gasteiger partial charge < -0.3 is 10.2 Å². The van der Waals surface area contributed by atoms with E-state index in [1.807, 2.05) is 0 Å². The Labute approximate surface area is 120 Å². The molecular formula is C16H22N2O2. The third-order valence-corrected chi connectivity index (χ3v) is 3.59. The van der Waals surface area contributed by atoms with E-state index in [1.54, 1.807) is 4.90 Å². The lowest BCUT2D eigenvalue weighted by Crippen LogP contribution is -2.34. The van der Waals surface area contributed by atoms with Gasteiger partial charge in [0.1, 0.15) is 0 Å². The number of rotatable bonds is 2. The molecular weight excluding hydrogens is 252 g/mol. The highest BCUT2D eigenvalue weighted by Crippen LogP contribution is 2.22. The van der Waals surface area contributed by atoms with E-state index < -0.39 is 0 Å². The van der Waals surface area contributed by atoms with Crippen molar-refractivity contribution in [1.82, 2.24) is 10.2 Å². The number of nitrogens with one attached hydrogen (secondary N) is 1. The van der Waals surface area contributed by atoms with Gasteiger partial charge in [-0.05, 0) is 16.5 Å². The first-order valence-corrected chi connectivity index (χ1v) is 7.00. The number of carbonyl (C=O) groups is 2. The molecule has 1 aliphatic heterocycles. The van der Waals surface area contributed by atoms with Gasteiger partial charge >= 0.3 is 0 Å². The molecule has 1 aromatic carbocycles. The molecule has 4 nitrogen and oxygen atoms in total. The zero-order valence-electron chi connectivity index (χ0n) is 12.4. The van der Waals surface area contributed by atoms with Crippen molar-refractivity contribution in [2.75, 3.05) is 13.1 Å². The predicted octanol–water partition coefficient (Wildman–Crippen LogP) is 1.83. The van der Waals surface area contributed by atoms with Gasteiger partial charge in [-0.15, -0.1) is 0 Å². The number of hydrogen-bond acceptors (Lipinski definition) is 2. The van der Waals surface area contributed by atoms with Crippen LogP contribution in [0.2, 0.25) is 0 Å². The fourth-order valence-corrected chi connectivity index (χ4v) is 2.23. The van der Waals surface area contributed by atoms with Crippen LogP contribution in [0.15, 0.2) is 24.3 Å². The fraction of sp³-hybridized carbons (Fsp3) is 0.500. The summed E-state index contributed by atoms with van der Waals surface area (Å²) in [5.74, 6) is -0.0697. The average Bonchev–Trinajstić information content (AvgIpc) is 2.54. The van der Waals surface area contributed by atoms with Crippen LogP contribution < -0.4 is 5.32 Å². The summed E-state index contributed by atoms with van der Waals surface area (Å²) in [6.07, 6.45) is 0.381. The summed E-state index contributed by atoms with van der Waals surface area (Å²) in [4.78, 5) is 24.9. The average molecular weight is 274 g/mol. The molecule has 0 aromatic heterocycles. The Morgan fingerprint density at radius 2 is 1.80 bits per heavy atom. The Hall–Kier alpha value is -1.84. The van der Waals surface area contributed by atoms with Gasteiger partial charge in [-0.25, -0.2) is 0 Å². The Morgan fingerprint density at radius 1 is 1.15 bits per heavy atom. The van der Waals surface area contributed by atoms with E-state index in [2.05, 4.69) is 50.4 Å². The maximum atomic E-state index is 11.9. The number of amides is 2. The van der Waals surface area contributed by atoms with Crippen LogP contribution in [0.1, 0.15) is 38.3 Å². The molecule has 2 rings (SSSR count). The molecule has 1 saturated heterocycles. The van der Waals surface area contributed by atoms with Crippen LogP contribution >= 0.6 is 0 Å². The van der Waals surface area contributed by atoms with E-state index in [9.17, 15) is 9.59 Å². The van der Waals surface area contributed by atoms with Gasteiger partial charge in [-0.1, -0.05) is 45.0 Å². The quantitative estimate of drug-likeness (QED) is 0.894. The minimum atomic E-state index is -0.0519. The van der Waals surface area contributed by atoms with Crippen molar-refractivity contribution in [3.05, 3.63) is 35.4 Å². The van der Waals surface area contributed by atoms with Gasteiger partial charge in [0.2, 0.25) is 11.8 Å². The Balaban J connectivity index is 2.06. The Bertz CT molecular complexity index is 500. The molecule has 0 saturated carbocycles. The standard InChI is InChI=1S/C16H22N2O2/c1-16(2,3)13-6-4-12(5-7-13)11-18-9-8-14(19)17-10-15(18)20/h4-7H,8-11H2,1-3H3,(H,17,19). The molecule has 4 heteroatoms. The second-order valence-corrected chi connectivity index (χ2v) is 6.29. The zero-order chi connectivity index (χ0) is 14.8. The normalized spacial score (nSPS) is 16.9. The highest BCUT2D eigenvalue weighted by Gasteiger charge is 2.20. The topological polar surface area (TPSA) is 49.4 Å². The minimum absolute atomic E-state index is 0.0178. The fourth-order valence-electron chi connectivity index (χ4n) is 2.23. The summed E-state index contributed by atoms with van der Waals surface area (Å²) in [6.45, 7) is 7.70. The molecule has 1 aliphatic rings. The van der Waals surface area contributed by atoms with Crippen LogP contribution in [-0.2, 0) is 21.5 Å². The molecule has 20 heavy (non-hydrogen) atoms. The molecule has 0 atom stereocenters. The highest BCUT2D eigenvalue weighted by molar-refractivity contribution is 5.87. The summed E-state index contributed by atoms with van der Waals surface area (Å²) < 4.78 is 0. The summed E-state index contributed by atoms with van der Waals surface area (Å²) in [7, 11) is 0. The molecule has 1 N–H and O–H groups in total. The predicted molar refractivity (Wildman–Crippen MR) is 78.2 cm³/mol. The summed E-state index contributed by atoms with van der Waals surface area (Å²) >= 11 is 0. The zero-order valence-corrected chi connectivity index (χ0v) is 12.4. The van der Waals surface area contributed by atoms with E-state index in [0.29, 0.717) is 19.5 Å². The summed E-state index contributed by atoms with van der Waals surface area (Å²) in [5, 5.41) is 2.61. The first-order chi connectivity index (χ1) is 9.36. The summed E-state index contributed by atoms with van der Waals surface area (Å²) in [5.41, 5.74) is 2.51. The molecule has 1 fully saturated rings. The number of carbonyl (C=O) groups excluding carboxylic acids is 2. The van der Waals surface area contributed by atoms with Crippen LogP contribution in [0.25, 0.3) is 0 Å². The largest absolute Gasteiger partial charge is 0.347 e. The van der Waals surface area contributed by atoms with Crippen LogP contribution in [0, 0.1) is 0 Å². The first kappa shape index (κ1) is 14.6. The Morgan fingerprint density at radius 3 is 2.40 bits per heavy atom. The first-order valence-electron chi connectivity index (χ1n) is 7.00. The van der Waals surface area contributed by atoms with Crippen molar-refractivity contribution in [1.29, 1.82) is 0 Å². The van der Waals surface area contributed by atoms with E-state index in [1.165, 1.54) is 5.56 Å². The molecule has 2 amide bonds. The number of nitrogens with zero attached hydrogens (tertiary/aromatic N) is 1. The van der Waals surface area contributed by atoms with Gasteiger partial charge in [0.25, 0.3) is 0 Å². The lowest BCUT2D eigenvalue weighted by molar-refractivity contribution is -0.130. The third-order valence-electron chi connectivity index (χ3n) is 3.59. The van der Waals surface area contributed by atoms with Crippen molar-refractivity contribution >= 4 is 11.8 Å². The van der Waals surface area contributed by atoms with Crippen molar-refractivity contribution in [2.24, 2.45) is 0 Å². The summed E-state index contributed by atoms with van der Waals surface area (Å²) in [6, 6.07) is 8.35. The van der Waals surface area contributed by atoms with E-state index in [4.69, 9.17) is 0 Å². The monoisotopic (exact) mass is 274 g/mol. The second-order valence-electron chi connectivity index (χ2n) is 6.29. The molecule has 108 valence electrons. The SMILES string of the molecule is CC(C)(C)c1ccc(CN2CCC(=O)NCC2=O)cc1. The maximum Gasteiger partial charge on any atom is 0.242 e. The minimum Gasteiger partial charge on any atom is -0.347 e. The maximum absolute atomic E-state index is 11.9. The van der Waals surface area contributed by atoms with Crippen molar-refractivity contribution in [3.63, 3.8) is 0 Å². The third kappa shape index (κ3) is 3.59. The van der Waals surface area contributed by atoms with Gasteiger partial charge in [0, 0.05) is 19.5 Å². The molecule has 1 aromatic rings. The second kappa shape index (κ2) is 5.65. The van der Waals surface area contributed by atoms with Crippen molar-refractivity contribution in [3.8, 4) is 0 Å². The molecule has 0 unspecified atom stereocenters. The van der Waals surface area contributed by atoms with Crippen LogP contribution in [0.4, 0.5) is 0 Å². The van der Waals surface area contributed by atoms with Gasteiger partial charge in [-0.3, -0.25) is 9.59 Å². The molecule has 0 radical (unpaired) electrons. The highest BCUT2D eigenvalue weighted by atomic mass is 16.2. The number of hydrogen-bond donors (Lipinski definition) is 1. The smallest absolute Gasteiger partial charge is 0.242 e. The van der Waals surface area contributed by atoms with Gasteiger partial charge in [0.05, 0.1) is 6.54 Å². The van der Waals surface area contributed by atoms with Gasteiger partial charge in [0.15, 0.2) is 0 Å². The van der Waals surface area contributed by atoms with Crippen molar-refractivity contribution < 1.29 is 9.59 Å². The van der Waals surface area contributed by atoms with E-state index >= 15 is 0 Å². The van der Waals surface area contributed by atoms with Crippen LogP contribution in [-0.4, -0.2) is 29.8 Å². The lowest BCUT2D eigenvalue weighted by atomic mass is 9.87. The molecule has 0 bridgehead atoms. The van der Waals surface area contributed by atoms with Crippen LogP contribution in [0.3, 0.4) is 0 Å². The molecule has 0 spiro atoms. The molecule has 0 aliphatic carbocycles. The van der Waals surface area contributed by atoms with Crippen LogP contribution in [0.5, 0.6) is 0 Å².